The number of thioether (sulfide) groups is 1. The van der Waals surface area contributed by atoms with Gasteiger partial charge in [0.2, 0.25) is 0 Å². The van der Waals surface area contributed by atoms with Gasteiger partial charge in [-0.3, -0.25) is 4.99 Å². The van der Waals surface area contributed by atoms with Gasteiger partial charge < -0.3 is 19.8 Å². The Labute approximate surface area is 109 Å². The van der Waals surface area contributed by atoms with Crippen LogP contribution in [-0.4, -0.2) is 69.3 Å². The molecule has 3 heterocycles. The normalized spacial score (nSPS) is 45.2. The highest BCUT2D eigenvalue weighted by atomic mass is 32.2. The number of rotatable bonds is 1. The number of hydrogen-bond donors (Lipinski definition) is 2. The molecule has 2 N–H and O–H groups in total. The van der Waals surface area contributed by atoms with Crippen molar-refractivity contribution in [2.24, 2.45) is 4.99 Å². The molecule has 6 atom stereocenters. The molecule has 0 spiro atoms. The van der Waals surface area contributed by atoms with Crippen LogP contribution in [0.1, 0.15) is 13.3 Å². The van der Waals surface area contributed by atoms with Crippen LogP contribution < -0.4 is 0 Å². The SMILES string of the molecule is C[C@H](O)[C@H]1O[C@@H]2SC(N3CCC3)=N[C@@H]2[C@@H](F)[C@@H]1O. The fraction of sp³-hybridized carbons (Fsp3) is 0.909. The molecule has 0 radical (unpaired) electrons. The van der Waals surface area contributed by atoms with Gasteiger partial charge in [0, 0.05) is 13.1 Å². The van der Waals surface area contributed by atoms with E-state index in [0.29, 0.717) is 0 Å². The third kappa shape index (κ3) is 1.93. The van der Waals surface area contributed by atoms with Crippen LogP contribution in [0.25, 0.3) is 0 Å². The second-order valence-corrected chi connectivity index (χ2v) is 6.07. The van der Waals surface area contributed by atoms with E-state index >= 15 is 0 Å². The highest BCUT2D eigenvalue weighted by molar-refractivity contribution is 8.14. The van der Waals surface area contributed by atoms with Crippen molar-refractivity contribution in [1.29, 1.82) is 0 Å². The minimum absolute atomic E-state index is 0.432. The molecule has 2 fully saturated rings. The van der Waals surface area contributed by atoms with Gasteiger partial charge in [0.05, 0.1) is 6.10 Å². The van der Waals surface area contributed by atoms with Gasteiger partial charge in [-0.1, -0.05) is 11.8 Å². The molecule has 5 nitrogen and oxygen atoms in total. The molecule has 0 amide bonds. The number of fused-ring (bicyclic) bond motifs is 1. The van der Waals surface area contributed by atoms with Crippen molar-refractivity contribution in [3.05, 3.63) is 0 Å². The molecule has 0 aromatic heterocycles. The summed E-state index contributed by atoms with van der Waals surface area (Å²) in [6.45, 7) is 3.40. The number of nitrogens with zero attached hydrogens (tertiary/aromatic N) is 2. The van der Waals surface area contributed by atoms with E-state index in [1.165, 1.54) is 18.7 Å². The van der Waals surface area contributed by atoms with E-state index in [1.807, 2.05) is 0 Å². The molecule has 0 aromatic carbocycles. The van der Waals surface area contributed by atoms with Crippen LogP contribution in [-0.2, 0) is 4.74 Å². The molecule has 3 aliphatic heterocycles. The Morgan fingerprint density at radius 3 is 2.83 bits per heavy atom. The van der Waals surface area contributed by atoms with Crippen molar-refractivity contribution in [3.63, 3.8) is 0 Å². The molecule has 18 heavy (non-hydrogen) atoms. The minimum Gasteiger partial charge on any atom is -0.391 e. The summed E-state index contributed by atoms with van der Waals surface area (Å²) in [4.78, 5) is 6.41. The third-order valence-electron chi connectivity index (χ3n) is 3.64. The largest absolute Gasteiger partial charge is 0.391 e. The number of alkyl halides is 1. The molecule has 2 saturated heterocycles. The lowest BCUT2D eigenvalue weighted by atomic mass is 9.97. The van der Waals surface area contributed by atoms with Crippen molar-refractivity contribution in [2.45, 2.75) is 49.3 Å². The molecule has 0 saturated carbocycles. The monoisotopic (exact) mass is 276 g/mol. The maximum atomic E-state index is 14.1. The Balaban J connectivity index is 1.75. The second kappa shape index (κ2) is 4.63. The van der Waals surface area contributed by atoms with Crippen molar-refractivity contribution < 1.29 is 19.3 Å². The van der Waals surface area contributed by atoms with Crippen LogP contribution in [0, 0.1) is 0 Å². The van der Waals surface area contributed by atoms with Crippen molar-refractivity contribution in [2.75, 3.05) is 13.1 Å². The van der Waals surface area contributed by atoms with Crippen molar-refractivity contribution in [3.8, 4) is 0 Å². The highest BCUT2D eigenvalue weighted by Crippen LogP contribution is 2.40. The molecule has 102 valence electrons. The van der Waals surface area contributed by atoms with E-state index in [0.717, 1.165) is 24.7 Å². The molecular formula is C11H17FN2O3S. The molecule has 3 aliphatic rings. The standard InChI is InChI=1S/C11H17FN2O3S/c1-5(15)9-8(16)6(12)7-10(17-9)18-11(13-7)14-3-2-4-14/h5-10,15-16H,2-4H2,1H3/t5-,6+,7+,8-,9+,10+/m0/s1. The highest BCUT2D eigenvalue weighted by Gasteiger charge is 2.51. The van der Waals surface area contributed by atoms with Gasteiger partial charge in [0.15, 0.2) is 11.3 Å². The minimum atomic E-state index is -1.48. The smallest absolute Gasteiger partial charge is 0.162 e. The predicted molar refractivity (Wildman–Crippen MR) is 66.2 cm³/mol. The van der Waals surface area contributed by atoms with Crippen LogP contribution >= 0.6 is 11.8 Å². The lowest BCUT2D eigenvalue weighted by Gasteiger charge is -2.38. The Morgan fingerprint density at radius 2 is 2.28 bits per heavy atom. The average Bonchev–Trinajstić information content (AvgIpc) is 2.64. The average molecular weight is 276 g/mol. The van der Waals surface area contributed by atoms with Gasteiger partial charge >= 0.3 is 0 Å². The second-order valence-electron chi connectivity index (χ2n) is 5.01. The summed E-state index contributed by atoms with van der Waals surface area (Å²) < 4.78 is 19.7. The Kier molecular flexibility index (Phi) is 3.25. The maximum Gasteiger partial charge on any atom is 0.162 e. The first-order valence-electron chi connectivity index (χ1n) is 6.23. The molecule has 0 unspecified atom stereocenters. The van der Waals surface area contributed by atoms with Gasteiger partial charge in [-0.25, -0.2) is 4.39 Å². The number of aliphatic hydroxyl groups is 2. The first kappa shape index (κ1) is 12.7. The van der Waals surface area contributed by atoms with E-state index in [-0.39, 0.29) is 0 Å². The molecule has 0 bridgehead atoms. The summed E-state index contributed by atoms with van der Waals surface area (Å²) >= 11 is 1.40. The van der Waals surface area contributed by atoms with Gasteiger partial charge in [-0.05, 0) is 13.3 Å². The van der Waals surface area contributed by atoms with E-state index in [9.17, 15) is 14.6 Å². The number of aliphatic hydroxyl groups excluding tert-OH is 2. The Hall–Kier alpha value is -0.370. The van der Waals surface area contributed by atoms with Gasteiger partial charge in [0.1, 0.15) is 23.7 Å². The Bertz CT molecular complexity index is 364. The number of ether oxygens (including phenoxy) is 1. The zero-order valence-electron chi connectivity index (χ0n) is 10.1. The first-order chi connectivity index (χ1) is 8.58. The predicted octanol–water partition coefficient (Wildman–Crippen LogP) is -0.0318. The number of aliphatic imine (C=N–C) groups is 1. The summed E-state index contributed by atoms with van der Waals surface area (Å²) in [7, 11) is 0. The van der Waals surface area contributed by atoms with E-state index < -0.39 is 36.0 Å². The quantitative estimate of drug-likeness (QED) is 0.704. The fourth-order valence-electron chi connectivity index (χ4n) is 2.40. The molecule has 3 rings (SSSR count). The molecule has 0 aromatic rings. The lowest BCUT2D eigenvalue weighted by molar-refractivity contribution is -0.165. The summed E-state index contributed by atoms with van der Waals surface area (Å²) in [6, 6.07) is -0.657. The number of hydrogen-bond acceptors (Lipinski definition) is 6. The zero-order valence-corrected chi connectivity index (χ0v) is 10.9. The van der Waals surface area contributed by atoms with Gasteiger partial charge in [0.25, 0.3) is 0 Å². The first-order valence-corrected chi connectivity index (χ1v) is 7.11. The lowest BCUT2D eigenvalue weighted by Crippen LogP contribution is -2.56. The van der Waals surface area contributed by atoms with Crippen LogP contribution in [0.5, 0.6) is 0 Å². The summed E-state index contributed by atoms with van der Waals surface area (Å²) in [5.41, 5.74) is -0.432. The van der Waals surface area contributed by atoms with E-state index in [1.54, 1.807) is 0 Å². The fourth-order valence-corrected chi connectivity index (χ4v) is 3.66. The number of halogens is 1. The Morgan fingerprint density at radius 1 is 1.56 bits per heavy atom. The van der Waals surface area contributed by atoms with E-state index in [4.69, 9.17) is 4.74 Å². The molecular weight excluding hydrogens is 259 g/mol. The van der Waals surface area contributed by atoms with Gasteiger partial charge in [-0.2, -0.15) is 0 Å². The van der Waals surface area contributed by atoms with Gasteiger partial charge in [-0.15, -0.1) is 0 Å². The maximum absolute atomic E-state index is 14.1. The van der Waals surface area contributed by atoms with Crippen LogP contribution in [0.3, 0.4) is 0 Å². The topological polar surface area (TPSA) is 65.3 Å². The van der Waals surface area contributed by atoms with Crippen LogP contribution in [0.4, 0.5) is 4.39 Å². The van der Waals surface area contributed by atoms with Crippen molar-refractivity contribution in [1.82, 2.24) is 4.90 Å². The molecule has 0 aliphatic carbocycles. The van der Waals surface area contributed by atoms with Crippen LogP contribution in [0.15, 0.2) is 4.99 Å². The third-order valence-corrected chi connectivity index (χ3v) is 4.84. The van der Waals surface area contributed by atoms with E-state index in [2.05, 4.69) is 9.89 Å². The molecule has 7 heteroatoms. The zero-order chi connectivity index (χ0) is 12.9. The van der Waals surface area contributed by atoms with Crippen molar-refractivity contribution >= 4 is 16.9 Å². The van der Waals surface area contributed by atoms with Crippen LogP contribution in [0.2, 0.25) is 0 Å². The number of amidine groups is 1. The summed E-state index contributed by atoms with van der Waals surface area (Å²) in [5, 5.41) is 20.1. The number of likely N-dealkylation sites (tertiary alicyclic amines) is 1. The summed E-state index contributed by atoms with van der Waals surface area (Å²) in [6.07, 6.45) is -3.43. The summed E-state index contributed by atoms with van der Waals surface area (Å²) in [5.74, 6) is 0.